The molecule has 5 nitrogen and oxygen atoms in total. The fraction of sp³-hybridized carbons (Fsp3) is 0. The SMILES string of the molecule is Nn1c2ccccc2c2cc([N+](=O)[O-])ccc21. The van der Waals surface area contributed by atoms with E-state index in [1.807, 2.05) is 24.3 Å². The Kier molecular flexibility index (Phi) is 1.82. The third-order valence-corrected chi connectivity index (χ3v) is 2.90. The fourth-order valence-corrected chi connectivity index (χ4v) is 2.10. The number of non-ortho nitro benzene ring substituents is 1. The molecular weight excluding hydrogens is 218 g/mol. The Hall–Kier alpha value is -2.56. The lowest BCUT2D eigenvalue weighted by Gasteiger charge is -1.96. The number of nitro groups is 1. The van der Waals surface area contributed by atoms with E-state index in [4.69, 9.17) is 5.84 Å². The molecule has 17 heavy (non-hydrogen) atoms. The fourth-order valence-electron chi connectivity index (χ4n) is 2.10. The quantitative estimate of drug-likeness (QED) is 0.394. The molecule has 1 aromatic heterocycles. The van der Waals surface area contributed by atoms with E-state index in [1.54, 1.807) is 16.8 Å². The number of benzene rings is 2. The highest BCUT2D eigenvalue weighted by Crippen LogP contribution is 2.29. The maximum atomic E-state index is 10.8. The largest absolute Gasteiger partial charge is 0.339 e. The second-order valence-corrected chi connectivity index (χ2v) is 3.85. The number of nitrogens with two attached hydrogens (primary N) is 1. The second-order valence-electron chi connectivity index (χ2n) is 3.85. The number of para-hydroxylation sites is 1. The number of nitrogen functional groups attached to an aromatic ring is 1. The Bertz CT molecular complexity index is 746. The zero-order valence-electron chi connectivity index (χ0n) is 8.83. The Morgan fingerprint density at radius 2 is 1.76 bits per heavy atom. The van der Waals surface area contributed by atoms with E-state index in [9.17, 15) is 10.1 Å². The average molecular weight is 227 g/mol. The van der Waals surface area contributed by atoms with Crippen molar-refractivity contribution in [3.05, 3.63) is 52.6 Å². The molecule has 3 aromatic rings. The lowest BCUT2D eigenvalue weighted by Crippen LogP contribution is -2.06. The minimum atomic E-state index is -0.401. The van der Waals surface area contributed by atoms with Gasteiger partial charge >= 0.3 is 0 Å². The number of nitro benzene ring substituents is 1. The van der Waals surface area contributed by atoms with Gasteiger partial charge in [0.2, 0.25) is 0 Å². The zero-order chi connectivity index (χ0) is 12.0. The summed E-state index contributed by atoms with van der Waals surface area (Å²) in [6, 6.07) is 12.3. The van der Waals surface area contributed by atoms with Crippen molar-refractivity contribution in [2.24, 2.45) is 0 Å². The van der Waals surface area contributed by atoms with Gasteiger partial charge in [0.1, 0.15) is 0 Å². The molecule has 0 unspecified atom stereocenters. The molecule has 0 amide bonds. The number of hydrogen-bond donors (Lipinski definition) is 1. The van der Waals surface area contributed by atoms with Gasteiger partial charge in [-0.05, 0) is 12.1 Å². The van der Waals surface area contributed by atoms with Crippen LogP contribution in [-0.4, -0.2) is 9.60 Å². The Balaban J connectivity index is 2.50. The van der Waals surface area contributed by atoms with Crippen LogP contribution in [0.25, 0.3) is 21.8 Å². The van der Waals surface area contributed by atoms with Crippen LogP contribution in [0.1, 0.15) is 0 Å². The summed E-state index contributed by atoms with van der Waals surface area (Å²) in [6.07, 6.45) is 0. The van der Waals surface area contributed by atoms with Gasteiger partial charge in [-0.3, -0.25) is 14.8 Å². The van der Waals surface area contributed by atoms with Crippen LogP contribution >= 0.6 is 0 Å². The molecule has 0 atom stereocenters. The van der Waals surface area contributed by atoms with Crippen LogP contribution in [0.5, 0.6) is 0 Å². The van der Waals surface area contributed by atoms with Crippen molar-refractivity contribution < 1.29 is 4.92 Å². The van der Waals surface area contributed by atoms with Crippen molar-refractivity contribution in [3.63, 3.8) is 0 Å². The van der Waals surface area contributed by atoms with Crippen LogP contribution in [0, 0.1) is 10.1 Å². The molecule has 0 aliphatic rings. The highest BCUT2D eigenvalue weighted by Gasteiger charge is 2.12. The predicted octanol–water partition coefficient (Wildman–Crippen LogP) is 2.42. The van der Waals surface area contributed by atoms with E-state index < -0.39 is 4.92 Å². The number of hydrogen-bond acceptors (Lipinski definition) is 3. The van der Waals surface area contributed by atoms with Crippen LogP contribution in [0.4, 0.5) is 5.69 Å². The van der Waals surface area contributed by atoms with Crippen molar-refractivity contribution >= 4 is 27.5 Å². The molecule has 0 fully saturated rings. The smallest absolute Gasteiger partial charge is 0.270 e. The Morgan fingerprint density at radius 1 is 1.06 bits per heavy atom. The summed E-state index contributed by atoms with van der Waals surface area (Å²) in [5.74, 6) is 5.95. The van der Waals surface area contributed by atoms with Gasteiger partial charge in [-0.1, -0.05) is 18.2 Å². The van der Waals surface area contributed by atoms with Crippen molar-refractivity contribution in [1.29, 1.82) is 0 Å². The van der Waals surface area contributed by atoms with Crippen LogP contribution in [0.3, 0.4) is 0 Å². The number of fused-ring (bicyclic) bond motifs is 3. The third-order valence-electron chi connectivity index (χ3n) is 2.90. The van der Waals surface area contributed by atoms with Gasteiger partial charge in [0.25, 0.3) is 5.69 Å². The molecule has 0 spiro atoms. The van der Waals surface area contributed by atoms with Gasteiger partial charge in [0.15, 0.2) is 0 Å². The molecule has 5 heteroatoms. The third kappa shape index (κ3) is 1.25. The van der Waals surface area contributed by atoms with Gasteiger partial charge in [-0.25, -0.2) is 0 Å². The van der Waals surface area contributed by atoms with Gasteiger partial charge in [0, 0.05) is 22.9 Å². The number of nitrogens with zero attached hydrogens (tertiary/aromatic N) is 2. The van der Waals surface area contributed by atoms with Crippen LogP contribution in [0.2, 0.25) is 0 Å². The molecule has 1 heterocycles. The van der Waals surface area contributed by atoms with Gasteiger partial charge in [0.05, 0.1) is 16.0 Å². The number of aromatic nitrogens is 1. The molecule has 3 rings (SSSR count). The standard InChI is InChI=1S/C12H9N3O2/c13-14-11-4-2-1-3-9(11)10-7-8(15(16)17)5-6-12(10)14/h1-7H,13H2. The predicted molar refractivity (Wildman–Crippen MR) is 66.2 cm³/mol. The summed E-state index contributed by atoms with van der Waals surface area (Å²) in [6.45, 7) is 0. The van der Waals surface area contributed by atoms with Gasteiger partial charge in [-0.15, -0.1) is 0 Å². The summed E-state index contributed by atoms with van der Waals surface area (Å²) in [7, 11) is 0. The molecule has 0 radical (unpaired) electrons. The van der Waals surface area contributed by atoms with E-state index in [2.05, 4.69) is 0 Å². The summed E-state index contributed by atoms with van der Waals surface area (Å²) in [4.78, 5) is 10.4. The zero-order valence-corrected chi connectivity index (χ0v) is 8.83. The molecule has 2 aromatic carbocycles. The highest BCUT2D eigenvalue weighted by atomic mass is 16.6. The molecule has 0 aliphatic carbocycles. The van der Waals surface area contributed by atoms with E-state index in [0.717, 1.165) is 21.8 Å². The molecule has 0 saturated carbocycles. The van der Waals surface area contributed by atoms with Crippen molar-refractivity contribution in [2.45, 2.75) is 0 Å². The van der Waals surface area contributed by atoms with E-state index in [1.165, 1.54) is 6.07 Å². The molecule has 0 saturated heterocycles. The molecule has 2 N–H and O–H groups in total. The normalized spacial score (nSPS) is 11.1. The maximum Gasteiger partial charge on any atom is 0.270 e. The topological polar surface area (TPSA) is 74.1 Å². The number of rotatable bonds is 1. The van der Waals surface area contributed by atoms with Crippen molar-refractivity contribution in [2.75, 3.05) is 5.84 Å². The molecular formula is C12H9N3O2. The molecule has 0 bridgehead atoms. The van der Waals surface area contributed by atoms with E-state index in [-0.39, 0.29) is 5.69 Å². The van der Waals surface area contributed by atoms with E-state index >= 15 is 0 Å². The first-order chi connectivity index (χ1) is 8.18. The van der Waals surface area contributed by atoms with Gasteiger partial charge < -0.3 is 5.84 Å². The first-order valence-electron chi connectivity index (χ1n) is 5.11. The Labute approximate surface area is 96.2 Å². The van der Waals surface area contributed by atoms with Crippen LogP contribution in [0.15, 0.2) is 42.5 Å². The molecule has 0 aliphatic heterocycles. The van der Waals surface area contributed by atoms with Crippen LogP contribution in [-0.2, 0) is 0 Å². The molecule has 84 valence electrons. The Morgan fingerprint density at radius 3 is 2.53 bits per heavy atom. The van der Waals surface area contributed by atoms with Crippen LogP contribution < -0.4 is 5.84 Å². The lowest BCUT2D eigenvalue weighted by molar-refractivity contribution is -0.384. The first kappa shape index (κ1) is 9.65. The summed E-state index contributed by atoms with van der Waals surface area (Å²) < 4.78 is 1.55. The highest BCUT2D eigenvalue weighted by molar-refractivity contribution is 6.08. The lowest BCUT2D eigenvalue weighted by atomic mass is 10.1. The summed E-state index contributed by atoms with van der Waals surface area (Å²) in [5.41, 5.74) is 1.73. The minimum Gasteiger partial charge on any atom is -0.339 e. The average Bonchev–Trinajstić information content (AvgIpc) is 2.64. The van der Waals surface area contributed by atoms with Gasteiger partial charge in [-0.2, -0.15) is 0 Å². The first-order valence-corrected chi connectivity index (χ1v) is 5.11. The summed E-state index contributed by atoms with van der Waals surface area (Å²) >= 11 is 0. The second kappa shape index (κ2) is 3.21. The van der Waals surface area contributed by atoms with E-state index in [0.29, 0.717) is 0 Å². The minimum absolute atomic E-state index is 0.0776. The van der Waals surface area contributed by atoms with Crippen molar-refractivity contribution in [3.8, 4) is 0 Å². The maximum absolute atomic E-state index is 10.8. The van der Waals surface area contributed by atoms with Crippen molar-refractivity contribution in [1.82, 2.24) is 4.68 Å². The monoisotopic (exact) mass is 227 g/mol. The summed E-state index contributed by atoms with van der Waals surface area (Å²) in [5, 5.41) is 12.5.